The molecule has 1 rings (SSSR count). The van der Waals surface area contributed by atoms with Gasteiger partial charge in [-0.1, -0.05) is 26.3 Å². The average molecular weight is 210 g/mol. The average Bonchev–Trinajstić information content (AvgIpc) is 2.15. The molecular formula is C13H22O2. The van der Waals surface area contributed by atoms with Crippen molar-refractivity contribution < 1.29 is 9.90 Å². The zero-order chi connectivity index (χ0) is 11.6. The molecule has 1 aliphatic rings. The molecule has 0 aliphatic heterocycles. The van der Waals surface area contributed by atoms with Crippen LogP contribution in [0.3, 0.4) is 0 Å². The van der Waals surface area contributed by atoms with E-state index in [-0.39, 0.29) is 0 Å². The summed E-state index contributed by atoms with van der Waals surface area (Å²) in [5, 5.41) is 9.06. The van der Waals surface area contributed by atoms with Gasteiger partial charge < -0.3 is 5.11 Å². The molecule has 0 aromatic carbocycles. The molecule has 0 saturated heterocycles. The Hall–Kier alpha value is -0.790. The Morgan fingerprint density at radius 2 is 2.00 bits per heavy atom. The molecule has 0 bridgehead atoms. The van der Waals surface area contributed by atoms with Crippen molar-refractivity contribution in [2.45, 2.75) is 47.0 Å². The van der Waals surface area contributed by atoms with E-state index in [0.29, 0.717) is 23.3 Å². The smallest absolute Gasteiger partial charge is 0.331 e. The number of hydrogen-bond donors (Lipinski definition) is 1. The predicted molar refractivity (Wildman–Crippen MR) is 61.7 cm³/mol. The molecule has 15 heavy (non-hydrogen) atoms. The van der Waals surface area contributed by atoms with Gasteiger partial charge in [0.2, 0.25) is 0 Å². The normalized spacial score (nSPS) is 30.5. The molecule has 0 aromatic heterocycles. The second-order valence-electron chi connectivity index (χ2n) is 5.19. The molecule has 1 fully saturated rings. The van der Waals surface area contributed by atoms with Crippen molar-refractivity contribution in [2.75, 3.05) is 0 Å². The minimum absolute atomic E-state index is 0.484. The van der Waals surface area contributed by atoms with Crippen molar-refractivity contribution in [3.8, 4) is 0 Å². The van der Waals surface area contributed by atoms with Crippen LogP contribution in [-0.2, 0) is 4.79 Å². The van der Waals surface area contributed by atoms with Gasteiger partial charge in [-0.15, -0.1) is 0 Å². The van der Waals surface area contributed by atoms with Gasteiger partial charge in [-0.25, -0.2) is 4.79 Å². The number of hydrogen-bond acceptors (Lipinski definition) is 1. The first kappa shape index (κ1) is 12.3. The summed E-state index contributed by atoms with van der Waals surface area (Å²) in [6.45, 7) is 8.35. The lowest BCUT2D eigenvalue weighted by Gasteiger charge is -2.33. The predicted octanol–water partition coefficient (Wildman–Crippen LogP) is 3.48. The summed E-state index contributed by atoms with van der Waals surface area (Å²) in [5.74, 6) is 0.938. The number of allylic oxidation sites excluding steroid dienone is 1. The van der Waals surface area contributed by atoms with Gasteiger partial charge in [0.15, 0.2) is 0 Å². The van der Waals surface area contributed by atoms with E-state index in [1.54, 1.807) is 6.92 Å². The van der Waals surface area contributed by atoms with Crippen LogP contribution in [0, 0.1) is 17.8 Å². The van der Waals surface area contributed by atoms with E-state index in [0.717, 1.165) is 12.8 Å². The fourth-order valence-electron chi connectivity index (χ4n) is 2.57. The van der Waals surface area contributed by atoms with Crippen LogP contribution in [0.15, 0.2) is 11.1 Å². The summed E-state index contributed by atoms with van der Waals surface area (Å²) in [7, 11) is 0. The zero-order valence-corrected chi connectivity index (χ0v) is 10.2. The third-order valence-electron chi connectivity index (χ3n) is 3.59. The Labute approximate surface area is 92.4 Å². The van der Waals surface area contributed by atoms with Crippen molar-refractivity contribution in [3.63, 3.8) is 0 Å². The maximum absolute atomic E-state index is 11.0. The van der Waals surface area contributed by atoms with Crippen molar-refractivity contribution in [1.82, 2.24) is 0 Å². The molecule has 0 amide bonds. The lowest BCUT2D eigenvalue weighted by Crippen LogP contribution is -2.22. The minimum Gasteiger partial charge on any atom is -0.478 e. The largest absolute Gasteiger partial charge is 0.478 e. The number of carbonyl (C=O) groups is 1. The van der Waals surface area contributed by atoms with Crippen LogP contribution >= 0.6 is 0 Å². The van der Waals surface area contributed by atoms with E-state index in [1.807, 2.05) is 0 Å². The Kier molecular flexibility index (Phi) is 3.95. The van der Waals surface area contributed by atoms with Crippen LogP contribution in [0.2, 0.25) is 0 Å². The van der Waals surface area contributed by atoms with Crippen LogP contribution in [0.1, 0.15) is 47.0 Å². The van der Waals surface area contributed by atoms with Crippen LogP contribution < -0.4 is 0 Å². The summed E-state index contributed by atoms with van der Waals surface area (Å²) in [6.07, 6.45) is 3.36. The van der Waals surface area contributed by atoms with E-state index in [4.69, 9.17) is 5.11 Å². The first-order valence-electron chi connectivity index (χ1n) is 5.86. The first-order valence-corrected chi connectivity index (χ1v) is 5.86. The fraction of sp³-hybridized carbons (Fsp3) is 0.769. The van der Waals surface area contributed by atoms with E-state index in [2.05, 4.69) is 20.8 Å². The summed E-state index contributed by atoms with van der Waals surface area (Å²) in [5.41, 5.74) is 1.77. The molecular weight excluding hydrogens is 188 g/mol. The van der Waals surface area contributed by atoms with Gasteiger partial charge in [0, 0.05) is 5.57 Å². The topological polar surface area (TPSA) is 37.3 Å². The van der Waals surface area contributed by atoms with Crippen LogP contribution in [0.5, 0.6) is 0 Å². The van der Waals surface area contributed by atoms with Crippen LogP contribution in [-0.4, -0.2) is 11.1 Å². The molecule has 2 nitrogen and oxygen atoms in total. The van der Waals surface area contributed by atoms with Gasteiger partial charge in [0.25, 0.3) is 0 Å². The Morgan fingerprint density at radius 1 is 1.40 bits per heavy atom. The lowest BCUT2D eigenvalue weighted by molar-refractivity contribution is -0.132. The highest BCUT2D eigenvalue weighted by Gasteiger charge is 2.28. The first-order chi connectivity index (χ1) is 6.93. The molecule has 0 aromatic rings. The summed E-state index contributed by atoms with van der Waals surface area (Å²) in [4.78, 5) is 11.0. The van der Waals surface area contributed by atoms with Gasteiger partial charge in [0.05, 0.1) is 0 Å². The Morgan fingerprint density at radius 3 is 2.47 bits per heavy atom. The Bertz CT molecular complexity index is 276. The maximum atomic E-state index is 11.0. The van der Waals surface area contributed by atoms with E-state index < -0.39 is 5.97 Å². The number of carboxylic acid groups (broad SMARTS) is 1. The highest BCUT2D eigenvalue weighted by atomic mass is 16.4. The van der Waals surface area contributed by atoms with Gasteiger partial charge in [-0.3, -0.25) is 0 Å². The second-order valence-corrected chi connectivity index (χ2v) is 5.19. The molecule has 0 heterocycles. The van der Waals surface area contributed by atoms with Crippen molar-refractivity contribution >= 4 is 5.97 Å². The Balaban J connectivity index is 2.98. The van der Waals surface area contributed by atoms with E-state index in [9.17, 15) is 4.79 Å². The molecule has 1 saturated carbocycles. The molecule has 2 heteroatoms. The molecule has 0 radical (unpaired) electrons. The number of carboxylic acids is 1. The SMILES string of the molecule is C/C(C(=O)O)=C1/CC(C)CCC1C(C)C. The van der Waals surface area contributed by atoms with Gasteiger partial charge >= 0.3 is 5.97 Å². The molecule has 0 spiro atoms. The number of rotatable bonds is 2. The maximum Gasteiger partial charge on any atom is 0.331 e. The zero-order valence-electron chi connectivity index (χ0n) is 10.2. The van der Waals surface area contributed by atoms with Gasteiger partial charge in [-0.05, 0) is 43.9 Å². The number of aliphatic carboxylic acids is 1. The lowest BCUT2D eigenvalue weighted by atomic mass is 9.72. The van der Waals surface area contributed by atoms with Gasteiger partial charge in [0.1, 0.15) is 0 Å². The highest BCUT2D eigenvalue weighted by molar-refractivity contribution is 5.86. The molecule has 1 N–H and O–H groups in total. The third kappa shape index (κ3) is 2.83. The van der Waals surface area contributed by atoms with Crippen molar-refractivity contribution in [3.05, 3.63) is 11.1 Å². The fourth-order valence-corrected chi connectivity index (χ4v) is 2.57. The summed E-state index contributed by atoms with van der Waals surface area (Å²) < 4.78 is 0. The monoisotopic (exact) mass is 210 g/mol. The molecule has 2 atom stereocenters. The standard InChI is InChI=1S/C13H22O2/c1-8(2)11-6-5-9(3)7-12(11)10(4)13(14)15/h8-9,11H,5-7H2,1-4H3,(H,14,15)/b12-10+. The molecule has 86 valence electrons. The van der Waals surface area contributed by atoms with Crippen molar-refractivity contribution in [2.24, 2.45) is 17.8 Å². The molecule has 2 unspecified atom stereocenters. The van der Waals surface area contributed by atoms with Crippen molar-refractivity contribution in [1.29, 1.82) is 0 Å². The summed E-state index contributed by atoms with van der Waals surface area (Å²) in [6, 6.07) is 0. The quantitative estimate of drug-likeness (QED) is 0.708. The minimum atomic E-state index is -0.746. The van der Waals surface area contributed by atoms with E-state index >= 15 is 0 Å². The van der Waals surface area contributed by atoms with Gasteiger partial charge in [-0.2, -0.15) is 0 Å². The summed E-state index contributed by atoms with van der Waals surface area (Å²) >= 11 is 0. The highest BCUT2D eigenvalue weighted by Crippen LogP contribution is 2.39. The van der Waals surface area contributed by atoms with Crippen LogP contribution in [0.4, 0.5) is 0 Å². The third-order valence-corrected chi connectivity index (χ3v) is 3.59. The second kappa shape index (κ2) is 4.82. The van der Waals surface area contributed by atoms with E-state index in [1.165, 1.54) is 12.0 Å². The molecule has 1 aliphatic carbocycles. The van der Waals surface area contributed by atoms with Crippen LogP contribution in [0.25, 0.3) is 0 Å².